The third-order valence-electron chi connectivity index (χ3n) is 2.51. The first kappa shape index (κ1) is 11.7. The molecule has 0 aliphatic rings. The van der Waals surface area contributed by atoms with E-state index in [1.165, 1.54) is 11.1 Å². The molecule has 0 spiro atoms. The Hall–Kier alpha value is -0.380. The van der Waals surface area contributed by atoms with Gasteiger partial charge in [0.15, 0.2) is 0 Å². The van der Waals surface area contributed by atoms with Gasteiger partial charge in [-0.05, 0) is 34.7 Å². The smallest absolute Gasteiger partial charge is 0.0217 e. The molecule has 3 heteroatoms. The molecule has 1 atom stereocenters. The van der Waals surface area contributed by atoms with Gasteiger partial charge in [-0.1, -0.05) is 13.8 Å². The maximum absolute atomic E-state index is 5.93. The summed E-state index contributed by atoms with van der Waals surface area (Å²) in [5.41, 5.74) is 8.70. The Morgan fingerprint density at radius 2 is 2.14 bits per heavy atom. The molecular weight excluding hydrogens is 192 g/mol. The number of nitrogens with one attached hydrogen (secondary N) is 1. The Labute approximate surface area is 90.5 Å². The first-order valence-electron chi connectivity index (χ1n) is 5.09. The van der Waals surface area contributed by atoms with Gasteiger partial charge in [0.2, 0.25) is 0 Å². The van der Waals surface area contributed by atoms with E-state index in [-0.39, 0.29) is 6.04 Å². The molecule has 0 aliphatic heterocycles. The molecule has 0 aliphatic carbocycles. The van der Waals surface area contributed by atoms with Gasteiger partial charge in [-0.25, -0.2) is 0 Å². The van der Waals surface area contributed by atoms with E-state index in [0.717, 1.165) is 13.1 Å². The maximum atomic E-state index is 5.93. The minimum absolute atomic E-state index is 0.258. The summed E-state index contributed by atoms with van der Waals surface area (Å²) >= 11 is 1.76. The van der Waals surface area contributed by atoms with Crippen LogP contribution < -0.4 is 11.1 Å². The van der Waals surface area contributed by atoms with Gasteiger partial charge in [-0.15, -0.1) is 0 Å². The van der Waals surface area contributed by atoms with Crippen LogP contribution in [-0.4, -0.2) is 12.6 Å². The molecule has 1 aromatic rings. The monoisotopic (exact) mass is 212 g/mol. The Morgan fingerprint density at radius 1 is 1.43 bits per heavy atom. The average Bonchev–Trinajstić information content (AvgIpc) is 2.51. The molecule has 1 heterocycles. The molecule has 0 saturated heterocycles. The topological polar surface area (TPSA) is 38.0 Å². The quantitative estimate of drug-likeness (QED) is 0.784. The van der Waals surface area contributed by atoms with Gasteiger partial charge in [0.05, 0.1) is 0 Å². The maximum Gasteiger partial charge on any atom is 0.0217 e. The molecule has 0 aromatic carbocycles. The van der Waals surface area contributed by atoms with E-state index in [0.29, 0.717) is 5.92 Å². The van der Waals surface area contributed by atoms with Crippen LogP contribution in [0.2, 0.25) is 0 Å². The van der Waals surface area contributed by atoms with Gasteiger partial charge in [-0.2, -0.15) is 11.3 Å². The third kappa shape index (κ3) is 3.40. The lowest BCUT2D eigenvalue weighted by atomic mass is 10.1. The van der Waals surface area contributed by atoms with Crippen molar-refractivity contribution in [2.75, 3.05) is 6.54 Å². The predicted octanol–water partition coefficient (Wildman–Crippen LogP) is 2.13. The minimum atomic E-state index is 0.258. The molecule has 0 fully saturated rings. The standard InChI is InChI=1S/C11H20N2S/c1-8(2)11(12)5-13-4-10-7-14-6-9(10)3/h6-8,11,13H,4-5,12H2,1-3H3. The molecule has 80 valence electrons. The van der Waals surface area contributed by atoms with Gasteiger partial charge in [-0.3, -0.25) is 0 Å². The van der Waals surface area contributed by atoms with Crippen molar-refractivity contribution in [2.45, 2.75) is 33.4 Å². The normalized spacial score (nSPS) is 13.5. The Balaban J connectivity index is 2.25. The summed E-state index contributed by atoms with van der Waals surface area (Å²) < 4.78 is 0. The zero-order valence-corrected chi connectivity index (χ0v) is 10.0. The van der Waals surface area contributed by atoms with Crippen molar-refractivity contribution in [3.8, 4) is 0 Å². The summed E-state index contributed by atoms with van der Waals surface area (Å²) in [6.07, 6.45) is 0. The molecule has 0 saturated carbocycles. The van der Waals surface area contributed by atoms with Crippen LogP contribution in [0.1, 0.15) is 25.0 Å². The zero-order valence-electron chi connectivity index (χ0n) is 9.21. The molecule has 0 radical (unpaired) electrons. The van der Waals surface area contributed by atoms with Gasteiger partial charge in [0.1, 0.15) is 0 Å². The van der Waals surface area contributed by atoms with Crippen LogP contribution in [0, 0.1) is 12.8 Å². The van der Waals surface area contributed by atoms with Crippen LogP contribution in [0.3, 0.4) is 0 Å². The van der Waals surface area contributed by atoms with Crippen LogP contribution in [0.4, 0.5) is 0 Å². The molecule has 1 rings (SSSR count). The number of hydrogen-bond acceptors (Lipinski definition) is 3. The number of hydrogen-bond donors (Lipinski definition) is 2. The van der Waals surface area contributed by atoms with Gasteiger partial charge in [0, 0.05) is 19.1 Å². The molecule has 0 amide bonds. The lowest BCUT2D eigenvalue weighted by molar-refractivity contribution is 0.458. The van der Waals surface area contributed by atoms with Crippen LogP contribution in [-0.2, 0) is 6.54 Å². The third-order valence-corrected chi connectivity index (χ3v) is 3.42. The molecule has 0 bridgehead atoms. The highest BCUT2D eigenvalue weighted by Gasteiger charge is 2.06. The Morgan fingerprint density at radius 3 is 2.64 bits per heavy atom. The highest BCUT2D eigenvalue weighted by Crippen LogP contribution is 2.12. The van der Waals surface area contributed by atoms with Crippen LogP contribution in [0.15, 0.2) is 10.8 Å². The van der Waals surface area contributed by atoms with Crippen LogP contribution >= 0.6 is 11.3 Å². The van der Waals surface area contributed by atoms with E-state index in [1.54, 1.807) is 11.3 Å². The number of nitrogens with two attached hydrogens (primary N) is 1. The van der Waals surface area contributed by atoms with Crippen molar-refractivity contribution >= 4 is 11.3 Å². The van der Waals surface area contributed by atoms with Crippen molar-refractivity contribution < 1.29 is 0 Å². The van der Waals surface area contributed by atoms with Gasteiger partial charge in [0.25, 0.3) is 0 Å². The summed E-state index contributed by atoms with van der Waals surface area (Å²) in [5.74, 6) is 0.547. The van der Waals surface area contributed by atoms with E-state index < -0.39 is 0 Å². The number of thiophene rings is 1. The molecule has 1 aromatic heterocycles. The van der Waals surface area contributed by atoms with E-state index in [1.807, 2.05) is 0 Å². The van der Waals surface area contributed by atoms with E-state index in [4.69, 9.17) is 5.73 Å². The molecular formula is C11H20N2S. The fraction of sp³-hybridized carbons (Fsp3) is 0.636. The SMILES string of the molecule is Cc1cscc1CNCC(N)C(C)C. The fourth-order valence-electron chi connectivity index (χ4n) is 1.18. The highest BCUT2D eigenvalue weighted by molar-refractivity contribution is 7.08. The average molecular weight is 212 g/mol. The summed E-state index contributed by atoms with van der Waals surface area (Å²) in [7, 11) is 0. The second-order valence-electron chi connectivity index (χ2n) is 4.12. The lowest BCUT2D eigenvalue weighted by Gasteiger charge is -2.16. The number of aryl methyl sites for hydroxylation is 1. The van der Waals surface area contributed by atoms with E-state index >= 15 is 0 Å². The Kier molecular flexibility index (Phi) is 4.58. The second kappa shape index (κ2) is 5.49. The number of rotatable bonds is 5. The van der Waals surface area contributed by atoms with Crippen molar-refractivity contribution in [3.05, 3.63) is 21.9 Å². The summed E-state index contributed by atoms with van der Waals surface area (Å²) in [6.45, 7) is 8.29. The highest BCUT2D eigenvalue weighted by atomic mass is 32.1. The summed E-state index contributed by atoms with van der Waals surface area (Å²) in [6, 6.07) is 0.258. The van der Waals surface area contributed by atoms with Gasteiger partial charge < -0.3 is 11.1 Å². The molecule has 14 heavy (non-hydrogen) atoms. The van der Waals surface area contributed by atoms with E-state index in [2.05, 4.69) is 36.8 Å². The zero-order chi connectivity index (χ0) is 10.6. The van der Waals surface area contributed by atoms with E-state index in [9.17, 15) is 0 Å². The van der Waals surface area contributed by atoms with Crippen LogP contribution in [0.25, 0.3) is 0 Å². The summed E-state index contributed by atoms with van der Waals surface area (Å²) in [5, 5.41) is 7.77. The molecule has 3 N–H and O–H groups in total. The molecule has 2 nitrogen and oxygen atoms in total. The van der Waals surface area contributed by atoms with Crippen molar-refractivity contribution in [2.24, 2.45) is 11.7 Å². The molecule has 1 unspecified atom stereocenters. The first-order chi connectivity index (χ1) is 6.61. The van der Waals surface area contributed by atoms with Crippen LogP contribution in [0.5, 0.6) is 0 Å². The largest absolute Gasteiger partial charge is 0.326 e. The predicted molar refractivity (Wildman–Crippen MR) is 63.6 cm³/mol. The van der Waals surface area contributed by atoms with Gasteiger partial charge >= 0.3 is 0 Å². The summed E-state index contributed by atoms with van der Waals surface area (Å²) in [4.78, 5) is 0. The first-order valence-corrected chi connectivity index (χ1v) is 6.03. The minimum Gasteiger partial charge on any atom is -0.326 e. The van der Waals surface area contributed by atoms with Crippen molar-refractivity contribution in [1.29, 1.82) is 0 Å². The Bertz CT molecular complexity index is 268. The lowest BCUT2D eigenvalue weighted by Crippen LogP contribution is -2.37. The fourth-order valence-corrected chi connectivity index (χ4v) is 2.03. The van der Waals surface area contributed by atoms with Crippen molar-refractivity contribution in [3.63, 3.8) is 0 Å². The second-order valence-corrected chi connectivity index (χ2v) is 4.86. The van der Waals surface area contributed by atoms with Crippen molar-refractivity contribution in [1.82, 2.24) is 5.32 Å².